The predicted molar refractivity (Wildman–Crippen MR) is 48.7 cm³/mol. The lowest BCUT2D eigenvalue weighted by atomic mass is 10.3. The third kappa shape index (κ3) is 1.86. The minimum atomic E-state index is 1.16. The van der Waals surface area contributed by atoms with Crippen LogP contribution in [0, 0.1) is 3.57 Å². The van der Waals surface area contributed by atoms with E-state index < -0.39 is 0 Å². The molecule has 1 rings (SSSR count). The van der Waals surface area contributed by atoms with E-state index in [1.54, 1.807) is 0 Å². The summed E-state index contributed by atoms with van der Waals surface area (Å²) in [4.78, 5) is 0. The Kier molecular flexibility index (Phi) is 2.33. The molecular formula is C7H8IN. The molecule has 48 valence electrons. The van der Waals surface area contributed by atoms with Crippen LogP contribution in [-0.4, -0.2) is 7.05 Å². The van der Waals surface area contributed by atoms with Gasteiger partial charge in [-0.15, -0.1) is 0 Å². The topological polar surface area (TPSA) is 12.0 Å². The Morgan fingerprint density at radius 3 is 2.22 bits per heavy atom. The maximum atomic E-state index is 3.05. The third-order valence-corrected chi connectivity index (χ3v) is 1.85. The van der Waals surface area contributed by atoms with Crippen LogP contribution in [0.3, 0.4) is 0 Å². The fourth-order valence-electron chi connectivity index (χ4n) is 0.617. The minimum Gasteiger partial charge on any atom is -0.388 e. The molecule has 0 fully saturated rings. The number of benzene rings is 1. The molecule has 0 spiro atoms. The molecule has 1 aromatic carbocycles. The van der Waals surface area contributed by atoms with Crippen LogP contribution in [0.2, 0.25) is 0 Å². The van der Waals surface area contributed by atoms with Gasteiger partial charge in [0, 0.05) is 16.3 Å². The molecule has 0 heterocycles. The molecule has 0 bridgehead atoms. The van der Waals surface area contributed by atoms with Gasteiger partial charge in [0.15, 0.2) is 0 Å². The van der Waals surface area contributed by atoms with Gasteiger partial charge < -0.3 is 5.32 Å². The van der Waals surface area contributed by atoms with Crippen LogP contribution >= 0.6 is 22.6 Å². The number of anilines is 1. The summed E-state index contributed by atoms with van der Waals surface area (Å²) in [6, 6.07) is 8.27. The van der Waals surface area contributed by atoms with Crippen molar-refractivity contribution in [3.63, 3.8) is 0 Å². The highest BCUT2D eigenvalue weighted by molar-refractivity contribution is 14.1. The van der Waals surface area contributed by atoms with E-state index in [9.17, 15) is 0 Å². The molecule has 0 aliphatic heterocycles. The first-order valence-electron chi connectivity index (χ1n) is 2.76. The average molecular weight is 233 g/mol. The first kappa shape index (κ1) is 6.86. The molecule has 0 aromatic heterocycles. The monoisotopic (exact) mass is 233 g/mol. The summed E-state index contributed by atoms with van der Waals surface area (Å²) in [6.07, 6.45) is 0. The van der Waals surface area contributed by atoms with E-state index in [-0.39, 0.29) is 0 Å². The van der Waals surface area contributed by atoms with Gasteiger partial charge in [-0.25, -0.2) is 0 Å². The largest absolute Gasteiger partial charge is 0.388 e. The summed E-state index contributed by atoms with van der Waals surface area (Å²) < 4.78 is 1.27. The summed E-state index contributed by atoms with van der Waals surface area (Å²) >= 11 is 2.29. The second-order valence-corrected chi connectivity index (χ2v) is 3.00. The first-order chi connectivity index (χ1) is 4.33. The Morgan fingerprint density at radius 2 is 1.78 bits per heavy atom. The Labute approximate surface area is 68.6 Å². The lowest BCUT2D eigenvalue weighted by Gasteiger charge is -1.96. The number of hydrogen-bond donors (Lipinski definition) is 1. The van der Waals surface area contributed by atoms with Gasteiger partial charge in [-0.1, -0.05) is 0 Å². The van der Waals surface area contributed by atoms with Crippen molar-refractivity contribution in [2.45, 2.75) is 0 Å². The molecule has 0 amide bonds. The lowest BCUT2D eigenvalue weighted by molar-refractivity contribution is 1.50. The second kappa shape index (κ2) is 3.06. The van der Waals surface area contributed by atoms with Crippen molar-refractivity contribution in [2.24, 2.45) is 0 Å². The van der Waals surface area contributed by atoms with Crippen molar-refractivity contribution in [1.82, 2.24) is 0 Å². The molecule has 0 saturated heterocycles. The Bertz CT molecular complexity index is 181. The van der Waals surface area contributed by atoms with Gasteiger partial charge >= 0.3 is 0 Å². The highest BCUT2D eigenvalue weighted by Gasteiger charge is 1.84. The highest BCUT2D eigenvalue weighted by atomic mass is 127. The normalized spacial score (nSPS) is 9.11. The molecule has 0 atom stereocenters. The van der Waals surface area contributed by atoms with Crippen LogP contribution in [-0.2, 0) is 0 Å². The summed E-state index contributed by atoms with van der Waals surface area (Å²) in [7, 11) is 1.92. The van der Waals surface area contributed by atoms with Gasteiger partial charge in [0.25, 0.3) is 0 Å². The van der Waals surface area contributed by atoms with Crippen LogP contribution in [0.4, 0.5) is 5.69 Å². The summed E-state index contributed by atoms with van der Waals surface area (Å²) in [5.41, 5.74) is 1.16. The number of halogens is 1. The van der Waals surface area contributed by atoms with Crippen molar-refractivity contribution in [1.29, 1.82) is 0 Å². The molecular weight excluding hydrogens is 225 g/mol. The summed E-state index contributed by atoms with van der Waals surface area (Å²) in [5, 5.41) is 3.05. The third-order valence-electron chi connectivity index (χ3n) is 1.13. The SMILES string of the molecule is CNc1ccc(I)cc1. The van der Waals surface area contributed by atoms with Gasteiger partial charge in [0.05, 0.1) is 0 Å². The standard InChI is InChI=1S/C7H8IN/c1-9-7-4-2-6(8)3-5-7/h2-5,9H,1H3. The van der Waals surface area contributed by atoms with Crippen LogP contribution < -0.4 is 5.32 Å². The summed E-state index contributed by atoms with van der Waals surface area (Å²) in [5.74, 6) is 0. The van der Waals surface area contributed by atoms with Crippen molar-refractivity contribution < 1.29 is 0 Å². The van der Waals surface area contributed by atoms with E-state index in [1.807, 2.05) is 7.05 Å². The van der Waals surface area contributed by atoms with Gasteiger partial charge in [-0.3, -0.25) is 0 Å². The second-order valence-electron chi connectivity index (χ2n) is 1.76. The van der Waals surface area contributed by atoms with Crippen LogP contribution in [0.25, 0.3) is 0 Å². The van der Waals surface area contributed by atoms with Crippen LogP contribution in [0.5, 0.6) is 0 Å². The molecule has 2 heteroatoms. The van der Waals surface area contributed by atoms with Crippen molar-refractivity contribution in [3.8, 4) is 0 Å². The van der Waals surface area contributed by atoms with E-state index in [1.165, 1.54) is 3.57 Å². The van der Waals surface area contributed by atoms with Crippen molar-refractivity contribution in [3.05, 3.63) is 27.8 Å². The Morgan fingerprint density at radius 1 is 1.22 bits per heavy atom. The van der Waals surface area contributed by atoms with E-state index in [0.717, 1.165) is 5.69 Å². The van der Waals surface area contributed by atoms with E-state index in [0.29, 0.717) is 0 Å². The van der Waals surface area contributed by atoms with Crippen LogP contribution in [0.15, 0.2) is 24.3 Å². The van der Waals surface area contributed by atoms with Gasteiger partial charge in [-0.2, -0.15) is 0 Å². The number of hydrogen-bond acceptors (Lipinski definition) is 1. The molecule has 9 heavy (non-hydrogen) atoms. The minimum absolute atomic E-state index is 1.16. The van der Waals surface area contributed by atoms with E-state index >= 15 is 0 Å². The fraction of sp³-hybridized carbons (Fsp3) is 0.143. The zero-order valence-electron chi connectivity index (χ0n) is 5.19. The van der Waals surface area contributed by atoms with E-state index in [2.05, 4.69) is 52.2 Å². The quantitative estimate of drug-likeness (QED) is 0.734. The maximum Gasteiger partial charge on any atom is 0.0338 e. The van der Waals surface area contributed by atoms with Gasteiger partial charge in [-0.05, 0) is 46.9 Å². The molecule has 1 nitrogen and oxygen atoms in total. The van der Waals surface area contributed by atoms with E-state index in [4.69, 9.17) is 0 Å². The smallest absolute Gasteiger partial charge is 0.0338 e. The molecule has 1 aromatic rings. The first-order valence-corrected chi connectivity index (χ1v) is 3.84. The number of nitrogens with one attached hydrogen (secondary N) is 1. The van der Waals surface area contributed by atoms with Crippen LogP contribution in [0.1, 0.15) is 0 Å². The number of rotatable bonds is 1. The van der Waals surface area contributed by atoms with Crippen molar-refractivity contribution >= 4 is 28.3 Å². The molecule has 0 radical (unpaired) electrons. The Hall–Kier alpha value is -0.250. The maximum absolute atomic E-state index is 3.05. The van der Waals surface area contributed by atoms with Gasteiger partial charge in [0.1, 0.15) is 0 Å². The van der Waals surface area contributed by atoms with Gasteiger partial charge in [0.2, 0.25) is 0 Å². The fourth-order valence-corrected chi connectivity index (χ4v) is 0.976. The van der Waals surface area contributed by atoms with Crippen molar-refractivity contribution in [2.75, 3.05) is 12.4 Å². The molecule has 0 aliphatic carbocycles. The molecule has 0 aliphatic rings. The molecule has 0 saturated carbocycles. The average Bonchev–Trinajstić information content (AvgIpc) is 1.90. The highest BCUT2D eigenvalue weighted by Crippen LogP contribution is 2.09. The lowest BCUT2D eigenvalue weighted by Crippen LogP contribution is -1.85. The summed E-state index contributed by atoms with van der Waals surface area (Å²) in [6.45, 7) is 0. The predicted octanol–water partition coefficient (Wildman–Crippen LogP) is 2.33. The molecule has 0 unspecified atom stereocenters. The zero-order valence-corrected chi connectivity index (χ0v) is 7.34. The zero-order chi connectivity index (χ0) is 6.69. The Balaban J connectivity index is 2.88. The molecule has 1 N–H and O–H groups in total.